The maximum Gasteiger partial charge on any atom is 0.451 e. The molecule has 3 aromatic heterocycles. The number of aromatic nitrogens is 4. The van der Waals surface area contributed by atoms with Crippen molar-refractivity contribution in [1.29, 1.82) is 0 Å². The normalized spacial score (nSPS) is 12.2. The van der Waals surface area contributed by atoms with Crippen molar-refractivity contribution >= 4 is 28.3 Å². The molecule has 0 unspecified atom stereocenters. The molecule has 0 amide bonds. The predicted molar refractivity (Wildman–Crippen MR) is 94.0 cm³/mol. The number of hydrogen-bond donors (Lipinski definition) is 0. The molecular formula is C18H13F3N4S. The lowest BCUT2D eigenvalue weighted by Gasteiger charge is -2.09. The molecule has 0 aliphatic carbocycles. The molecule has 132 valence electrons. The van der Waals surface area contributed by atoms with E-state index in [2.05, 4.69) is 15.0 Å². The molecule has 0 spiro atoms. The number of para-hydroxylation sites is 1. The molecule has 0 N–H and O–H groups in total. The van der Waals surface area contributed by atoms with Crippen molar-refractivity contribution in [2.75, 3.05) is 0 Å². The second-order valence-electron chi connectivity index (χ2n) is 5.86. The lowest BCUT2D eigenvalue weighted by Crippen LogP contribution is -2.11. The van der Waals surface area contributed by atoms with E-state index in [0.29, 0.717) is 16.2 Å². The molecule has 4 nitrogen and oxygen atoms in total. The van der Waals surface area contributed by atoms with Gasteiger partial charge in [-0.15, -0.1) is 0 Å². The fourth-order valence-corrected chi connectivity index (χ4v) is 3.55. The average Bonchev–Trinajstić information content (AvgIpc) is 3.00. The highest BCUT2D eigenvalue weighted by Gasteiger charge is 2.35. The molecular weight excluding hydrogens is 361 g/mol. The summed E-state index contributed by atoms with van der Waals surface area (Å²) in [7, 11) is 0. The Bertz CT molecular complexity index is 1100. The number of benzene rings is 1. The van der Waals surface area contributed by atoms with E-state index in [-0.39, 0.29) is 5.52 Å². The topological polar surface area (TPSA) is 43.1 Å². The first kappa shape index (κ1) is 16.8. The quantitative estimate of drug-likeness (QED) is 0.378. The van der Waals surface area contributed by atoms with Gasteiger partial charge in [0.15, 0.2) is 0 Å². The first-order chi connectivity index (χ1) is 12.4. The number of pyridine rings is 1. The minimum Gasteiger partial charge on any atom is -0.307 e. The molecule has 0 saturated carbocycles. The Hall–Kier alpha value is -2.61. The molecule has 0 fully saturated rings. The highest BCUT2D eigenvalue weighted by molar-refractivity contribution is 7.98. The molecule has 0 aliphatic heterocycles. The number of alkyl halides is 3. The molecule has 3 heterocycles. The minimum atomic E-state index is -4.58. The Kier molecular flexibility index (Phi) is 4.07. The highest BCUT2D eigenvalue weighted by Crippen LogP contribution is 2.33. The van der Waals surface area contributed by atoms with E-state index in [1.54, 1.807) is 24.3 Å². The van der Waals surface area contributed by atoms with Crippen molar-refractivity contribution < 1.29 is 13.2 Å². The van der Waals surface area contributed by atoms with Gasteiger partial charge in [-0.3, -0.25) is 0 Å². The largest absolute Gasteiger partial charge is 0.451 e. The first-order valence-corrected chi connectivity index (χ1v) is 8.80. The zero-order valence-electron chi connectivity index (χ0n) is 13.7. The molecule has 0 saturated heterocycles. The van der Waals surface area contributed by atoms with Crippen LogP contribution >= 0.6 is 11.8 Å². The summed E-state index contributed by atoms with van der Waals surface area (Å²) in [4.78, 5) is 11.9. The summed E-state index contributed by atoms with van der Waals surface area (Å²) in [5.41, 5.74) is 2.96. The predicted octanol–water partition coefficient (Wildman–Crippen LogP) is 4.90. The van der Waals surface area contributed by atoms with Gasteiger partial charge in [-0.25, -0.2) is 15.0 Å². The van der Waals surface area contributed by atoms with Crippen LogP contribution in [-0.4, -0.2) is 19.4 Å². The fraction of sp³-hybridized carbons (Fsp3) is 0.167. The maximum atomic E-state index is 13.1. The third kappa shape index (κ3) is 3.24. The molecule has 4 aromatic rings. The van der Waals surface area contributed by atoms with Gasteiger partial charge in [0.1, 0.15) is 10.7 Å². The van der Waals surface area contributed by atoms with Crippen LogP contribution in [0.2, 0.25) is 0 Å². The van der Waals surface area contributed by atoms with Gasteiger partial charge in [0, 0.05) is 23.5 Å². The summed E-state index contributed by atoms with van der Waals surface area (Å²) in [6.07, 6.45) is -0.748. The third-order valence-corrected chi connectivity index (χ3v) is 4.85. The van der Waals surface area contributed by atoms with E-state index >= 15 is 0 Å². The molecule has 8 heteroatoms. The van der Waals surface area contributed by atoms with Crippen LogP contribution in [0.4, 0.5) is 13.2 Å². The summed E-state index contributed by atoms with van der Waals surface area (Å²) >= 11 is 1.23. The standard InChI is InChI=1S/C18H13F3N4S/c1-11-6-7-15-22-12(9-25(15)8-11)10-26-16-13-4-2-3-5-14(13)23-17(24-16)18(19,20)21/h2-9H,10H2,1H3. The molecule has 0 radical (unpaired) electrons. The van der Waals surface area contributed by atoms with Gasteiger partial charge < -0.3 is 4.40 Å². The van der Waals surface area contributed by atoms with Crippen LogP contribution in [0, 0.1) is 6.92 Å². The van der Waals surface area contributed by atoms with E-state index in [1.807, 2.05) is 35.9 Å². The van der Waals surface area contributed by atoms with Crippen LogP contribution < -0.4 is 0 Å². The van der Waals surface area contributed by atoms with Gasteiger partial charge in [-0.05, 0) is 24.6 Å². The molecule has 26 heavy (non-hydrogen) atoms. The number of thioether (sulfide) groups is 1. The van der Waals surface area contributed by atoms with Crippen molar-refractivity contribution in [2.24, 2.45) is 0 Å². The second kappa shape index (κ2) is 6.28. The SMILES string of the molecule is Cc1ccc2nc(CSc3nc(C(F)(F)F)nc4ccccc34)cn2c1. The van der Waals surface area contributed by atoms with Crippen LogP contribution in [0.25, 0.3) is 16.6 Å². The van der Waals surface area contributed by atoms with Gasteiger partial charge in [0.2, 0.25) is 5.82 Å². The zero-order valence-corrected chi connectivity index (χ0v) is 14.5. The van der Waals surface area contributed by atoms with Crippen LogP contribution in [0.5, 0.6) is 0 Å². The van der Waals surface area contributed by atoms with E-state index < -0.39 is 12.0 Å². The summed E-state index contributed by atoms with van der Waals surface area (Å²) in [5, 5.41) is 0.904. The number of hydrogen-bond acceptors (Lipinski definition) is 4. The van der Waals surface area contributed by atoms with Crippen molar-refractivity contribution in [1.82, 2.24) is 19.4 Å². The van der Waals surface area contributed by atoms with Crippen LogP contribution in [0.1, 0.15) is 17.1 Å². The number of imidazole rings is 1. The molecule has 1 aromatic carbocycles. The summed E-state index contributed by atoms with van der Waals surface area (Å²) in [6, 6.07) is 10.6. The van der Waals surface area contributed by atoms with Crippen molar-refractivity contribution in [2.45, 2.75) is 23.9 Å². The van der Waals surface area contributed by atoms with Gasteiger partial charge in [-0.1, -0.05) is 36.0 Å². The van der Waals surface area contributed by atoms with Crippen LogP contribution in [0.3, 0.4) is 0 Å². The summed E-state index contributed by atoms with van der Waals surface area (Å²) < 4.78 is 41.2. The van der Waals surface area contributed by atoms with Gasteiger partial charge >= 0.3 is 6.18 Å². The number of halogens is 3. The van der Waals surface area contributed by atoms with Crippen molar-refractivity contribution in [3.05, 3.63) is 65.9 Å². The zero-order chi connectivity index (χ0) is 18.3. The smallest absolute Gasteiger partial charge is 0.307 e. The first-order valence-electron chi connectivity index (χ1n) is 7.81. The summed E-state index contributed by atoms with van der Waals surface area (Å²) in [5.74, 6) is -0.705. The molecule has 0 atom stereocenters. The van der Waals surface area contributed by atoms with E-state index in [4.69, 9.17) is 0 Å². The Morgan fingerprint density at radius 2 is 1.81 bits per heavy atom. The third-order valence-electron chi connectivity index (χ3n) is 3.83. The monoisotopic (exact) mass is 374 g/mol. The van der Waals surface area contributed by atoms with E-state index in [9.17, 15) is 13.2 Å². The summed E-state index contributed by atoms with van der Waals surface area (Å²) in [6.45, 7) is 1.99. The lowest BCUT2D eigenvalue weighted by molar-refractivity contribution is -0.145. The molecule has 0 bridgehead atoms. The lowest BCUT2D eigenvalue weighted by atomic mass is 10.2. The number of aryl methyl sites for hydroxylation is 1. The van der Waals surface area contributed by atoms with Gasteiger partial charge in [0.05, 0.1) is 11.2 Å². The van der Waals surface area contributed by atoms with Crippen LogP contribution in [0.15, 0.2) is 53.8 Å². The number of nitrogens with zero attached hydrogens (tertiary/aromatic N) is 4. The second-order valence-corrected chi connectivity index (χ2v) is 6.82. The Balaban J connectivity index is 1.69. The Morgan fingerprint density at radius 3 is 2.62 bits per heavy atom. The number of fused-ring (bicyclic) bond motifs is 2. The van der Waals surface area contributed by atoms with E-state index in [1.165, 1.54) is 11.8 Å². The Labute approximate surface area is 151 Å². The minimum absolute atomic E-state index is 0.281. The highest BCUT2D eigenvalue weighted by atomic mass is 32.2. The fourth-order valence-electron chi connectivity index (χ4n) is 2.65. The van der Waals surface area contributed by atoms with Crippen molar-refractivity contribution in [3.63, 3.8) is 0 Å². The van der Waals surface area contributed by atoms with Gasteiger partial charge in [0.25, 0.3) is 0 Å². The van der Waals surface area contributed by atoms with Gasteiger partial charge in [-0.2, -0.15) is 13.2 Å². The van der Waals surface area contributed by atoms with Crippen molar-refractivity contribution in [3.8, 4) is 0 Å². The molecule has 4 rings (SSSR count). The average molecular weight is 374 g/mol. The maximum absolute atomic E-state index is 13.1. The Morgan fingerprint density at radius 1 is 1.00 bits per heavy atom. The molecule has 0 aliphatic rings. The van der Waals surface area contributed by atoms with Crippen LogP contribution in [-0.2, 0) is 11.9 Å². The van der Waals surface area contributed by atoms with E-state index in [0.717, 1.165) is 16.9 Å². The number of rotatable bonds is 3.